The molecule has 0 heterocycles. The van der Waals surface area contributed by atoms with Crippen LogP contribution >= 0.6 is 0 Å². The predicted molar refractivity (Wildman–Crippen MR) is 65.0 cm³/mol. The smallest absolute Gasteiger partial charge is 0.329 e. The number of carbonyl (C=O) groups excluding carboxylic acids is 3. The Bertz CT molecular complexity index is 389. The number of hydrogen-bond acceptors (Lipinski definition) is 7. The molecule has 0 spiro atoms. The standard InChI is InChI=1S/C8H10N2O4.C3H5NO/c11-5-9-4-2-1-3-7(8(13)14)10-6-12;1-2-4-3-5/h7H,1-4H2,(H,13,14);2H2,1H3. The largest absolute Gasteiger partial charge is 0.480 e. The lowest BCUT2D eigenvalue weighted by Crippen LogP contribution is -2.17. The first-order valence-corrected chi connectivity index (χ1v) is 5.51. The van der Waals surface area contributed by atoms with E-state index in [1.54, 1.807) is 6.92 Å². The van der Waals surface area contributed by atoms with Gasteiger partial charge in [0, 0.05) is 6.54 Å². The maximum absolute atomic E-state index is 10.5. The van der Waals surface area contributed by atoms with Gasteiger partial charge in [0.1, 0.15) is 0 Å². The van der Waals surface area contributed by atoms with Gasteiger partial charge in [0.25, 0.3) is 0 Å². The lowest BCUT2D eigenvalue weighted by molar-refractivity contribution is -0.138. The van der Waals surface area contributed by atoms with Gasteiger partial charge in [-0.05, 0) is 26.2 Å². The Morgan fingerprint density at radius 2 is 1.74 bits per heavy atom. The summed E-state index contributed by atoms with van der Waals surface area (Å²) < 4.78 is 0. The second-order valence-corrected chi connectivity index (χ2v) is 3.11. The van der Waals surface area contributed by atoms with Crippen LogP contribution in [-0.2, 0) is 19.2 Å². The number of carbonyl (C=O) groups is 1. The van der Waals surface area contributed by atoms with Crippen LogP contribution in [0, 0.1) is 0 Å². The van der Waals surface area contributed by atoms with E-state index in [0.29, 0.717) is 25.9 Å². The molecule has 0 aliphatic heterocycles. The van der Waals surface area contributed by atoms with Crippen LogP contribution in [0.4, 0.5) is 0 Å². The second-order valence-electron chi connectivity index (χ2n) is 3.11. The summed E-state index contributed by atoms with van der Waals surface area (Å²) in [7, 11) is 0. The maximum atomic E-state index is 10.5. The maximum Gasteiger partial charge on any atom is 0.329 e. The highest BCUT2D eigenvalue weighted by atomic mass is 16.4. The van der Waals surface area contributed by atoms with Gasteiger partial charge >= 0.3 is 5.97 Å². The van der Waals surface area contributed by atoms with E-state index < -0.39 is 12.0 Å². The van der Waals surface area contributed by atoms with Crippen molar-refractivity contribution >= 4 is 24.2 Å². The molecule has 104 valence electrons. The van der Waals surface area contributed by atoms with Gasteiger partial charge in [-0.1, -0.05) is 0 Å². The summed E-state index contributed by atoms with van der Waals surface area (Å²) >= 11 is 0. The van der Waals surface area contributed by atoms with Crippen LogP contribution < -0.4 is 0 Å². The van der Waals surface area contributed by atoms with Crippen LogP contribution in [0.15, 0.2) is 15.0 Å². The third kappa shape index (κ3) is 15.6. The van der Waals surface area contributed by atoms with Crippen molar-refractivity contribution in [1.29, 1.82) is 0 Å². The van der Waals surface area contributed by atoms with Crippen LogP contribution in [0.5, 0.6) is 0 Å². The minimum Gasteiger partial charge on any atom is -0.480 e. The molecule has 0 saturated heterocycles. The van der Waals surface area contributed by atoms with Crippen molar-refractivity contribution in [3.8, 4) is 0 Å². The molecule has 0 bridgehead atoms. The third-order valence-electron chi connectivity index (χ3n) is 1.78. The summed E-state index contributed by atoms with van der Waals surface area (Å²) in [4.78, 5) is 48.6. The van der Waals surface area contributed by atoms with E-state index in [1.165, 1.54) is 18.2 Å². The molecule has 0 radical (unpaired) electrons. The van der Waals surface area contributed by atoms with Crippen molar-refractivity contribution in [2.75, 3.05) is 13.1 Å². The monoisotopic (exact) mass is 269 g/mol. The summed E-state index contributed by atoms with van der Waals surface area (Å²) in [5.41, 5.74) is 0. The van der Waals surface area contributed by atoms with E-state index in [4.69, 9.17) is 9.90 Å². The van der Waals surface area contributed by atoms with E-state index >= 15 is 0 Å². The van der Waals surface area contributed by atoms with E-state index in [0.717, 1.165) is 0 Å². The van der Waals surface area contributed by atoms with E-state index in [2.05, 4.69) is 15.0 Å². The molecule has 0 aliphatic rings. The fourth-order valence-electron chi connectivity index (χ4n) is 0.946. The number of isocyanates is 3. The molecule has 0 rings (SSSR count). The number of hydrogen-bond donors (Lipinski definition) is 1. The van der Waals surface area contributed by atoms with Crippen LogP contribution in [0.2, 0.25) is 0 Å². The minimum absolute atomic E-state index is 0.249. The van der Waals surface area contributed by atoms with Gasteiger partial charge in [-0.3, -0.25) is 0 Å². The number of carboxylic acids is 1. The molecular weight excluding hydrogens is 254 g/mol. The van der Waals surface area contributed by atoms with E-state index in [9.17, 15) is 14.4 Å². The molecule has 0 fully saturated rings. The highest BCUT2D eigenvalue weighted by molar-refractivity contribution is 5.74. The van der Waals surface area contributed by atoms with Crippen LogP contribution in [0.25, 0.3) is 0 Å². The zero-order chi connectivity index (χ0) is 14.9. The number of unbranched alkanes of at least 4 members (excludes halogenated alkanes) is 1. The molecule has 1 atom stereocenters. The Morgan fingerprint density at radius 3 is 2.11 bits per heavy atom. The lowest BCUT2D eigenvalue weighted by atomic mass is 10.1. The SMILES string of the molecule is CCN=C=O.O=C=NCCCCC(N=C=O)C(=O)O. The van der Waals surface area contributed by atoms with Crippen LogP contribution in [0.1, 0.15) is 26.2 Å². The summed E-state index contributed by atoms with van der Waals surface area (Å²) in [5.74, 6) is -1.15. The van der Waals surface area contributed by atoms with Crippen molar-refractivity contribution < 1.29 is 24.3 Å². The Balaban J connectivity index is 0. The molecule has 1 unspecified atom stereocenters. The topological polar surface area (TPSA) is 126 Å². The Kier molecular flexibility index (Phi) is 15.6. The van der Waals surface area contributed by atoms with Crippen LogP contribution in [0.3, 0.4) is 0 Å². The van der Waals surface area contributed by atoms with Crippen molar-refractivity contribution in [3.63, 3.8) is 0 Å². The molecule has 0 aromatic carbocycles. The molecule has 0 amide bonds. The normalized spacial score (nSPS) is 9.53. The van der Waals surface area contributed by atoms with Gasteiger partial charge in [-0.25, -0.2) is 29.2 Å². The molecule has 0 aromatic rings. The van der Waals surface area contributed by atoms with Gasteiger partial charge in [-0.2, -0.15) is 4.99 Å². The fraction of sp³-hybridized carbons (Fsp3) is 0.636. The number of rotatable bonds is 8. The number of aliphatic imine (C=N–C) groups is 3. The van der Waals surface area contributed by atoms with Crippen molar-refractivity contribution in [3.05, 3.63) is 0 Å². The summed E-state index contributed by atoms with van der Waals surface area (Å²) in [6.07, 6.45) is 5.34. The van der Waals surface area contributed by atoms with Crippen LogP contribution in [-0.4, -0.2) is 48.4 Å². The number of nitrogens with zero attached hydrogens (tertiary/aromatic N) is 3. The molecule has 8 nitrogen and oxygen atoms in total. The first-order valence-electron chi connectivity index (χ1n) is 5.51. The summed E-state index contributed by atoms with van der Waals surface area (Å²) in [6.45, 7) is 2.65. The first kappa shape index (κ1) is 19.0. The molecule has 0 aliphatic carbocycles. The Morgan fingerprint density at radius 1 is 1.11 bits per heavy atom. The lowest BCUT2D eigenvalue weighted by Gasteiger charge is -2.02. The van der Waals surface area contributed by atoms with Crippen molar-refractivity contribution in [1.82, 2.24) is 0 Å². The van der Waals surface area contributed by atoms with E-state index in [1.807, 2.05) is 0 Å². The minimum atomic E-state index is -1.15. The molecule has 19 heavy (non-hydrogen) atoms. The third-order valence-corrected chi connectivity index (χ3v) is 1.78. The predicted octanol–water partition coefficient (Wildman–Crippen LogP) is 0.624. The highest BCUT2D eigenvalue weighted by Crippen LogP contribution is 2.04. The average Bonchev–Trinajstić information content (AvgIpc) is 2.38. The molecule has 1 N–H and O–H groups in total. The summed E-state index contributed by atoms with van der Waals surface area (Å²) in [5, 5.41) is 8.55. The second kappa shape index (κ2) is 15.6. The van der Waals surface area contributed by atoms with Gasteiger partial charge < -0.3 is 5.11 Å². The first-order chi connectivity index (χ1) is 9.13. The average molecular weight is 269 g/mol. The van der Waals surface area contributed by atoms with Gasteiger partial charge in [-0.15, -0.1) is 0 Å². The molecule has 0 aromatic heterocycles. The summed E-state index contributed by atoms with van der Waals surface area (Å²) in [6, 6.07) is -1.03. The van der Waals surface area contributed by atoms with E-state index in [-0.39, 0.29) is 6.42 Å². The Labute approximate surface area is 110 Å². The number of carboxylic acid groups (broad SMARTS) is 1. The molecule has 8 heteroatoms. The highest BCUT2D eigenvalue weighted by Gasteiger charge is 2.14. The van der Waals surface area contributed by atoms with Crippen molar-refractivity contribution in [2.45, 2.75) is 32.2 Å². The zero-order valence-corrected chi connectivity index (χ0v) is 10.5. The van der Waals surface area contributed by atoms with Gasteiger partial charge in [0.2, 0.25) is 18.2 Å². The Hall–Kier alpha value is -2.39. The zero-order valence-electron chi connectivity index (χ0n) is 10.5. The molecular formula is C11H15N3O5. The van der Waals surface area contributed by atoms with Crippen molar-refractivity contribution in [2.24, 2.45) is 15.0 Å². The molecule has 0 saturated carbocycles. The quantitative estimate of drug-likeness (QED) is 0.392. The number of aliphatic carboxylic acids is 1. The van der Waals surface area contributed by atoms with Gasteiger partial charge in [0.15, 0.2) is 6.04 Å². The van der Waals surface area contributed by atoms with Gasteiger partial charge in [0.05, 0.1) is 6.54 Å². The fourth-order valence-corrected chi connectivity index (χ4v) is 0.946.